The van der Waals surface area contributed by atoms with E-state index in [1.54, 1.807) is 4.90 Å². The highest BCUT2D eigenvalue weighted by molar-refractivity contribution is 6.01. The fourth-order valence-electron chi connectivity index (χ4n) is 2.24. The van der Waals surface area contributed by atoms with Gasteiger partial charge in [-0.05, 0) is 11.5 Å². The second-order valence-electron chi connectivity index (χ2n) is 5.71. The first-order chi connectivity index (χ1) is 9.56. The molecule has 2 rings (SSSR count). The van der Waals surface area contributed by atoms with Crippen molar-refractivity contribution < 1.29 is 9.63 Å². The molecule has 1 aromatic carbocycles. The Bertz CT molecular complexity index is 483. The lowest BCUT2D eigenvalue weighted by atomic mass is 10.0. The number of rotatable bonds is 5. The Morgan fingerprint density at radius 3 is 2.75 bits per heavy atom. The van der Waals surface area contributed by atoms with Crippen LogP contribution in [0.5, 0.6) is 0 Å². The van der Waals surface area contributed by atoms with E-state index in [9.17, 15) is 4.79 Å². The third kappa shape index (κ3) is 3.83. The molecule has 1 amide bonds. The molecule has 1 atom stereocenters. The first-order valence-corrected chi connectivity index (χ1v) is 7.08. The van der Waals surface area contributed by atoms with Crippen molar-refractivity contribution in [2.75, 3.05) is 13.6 Å². The summed E-state index contributed by atoms with van der Waals surface area (Å²) in [7, 11) is 1.83. The minimum atomic E-state index is -0.0358. The summed E-state index contributed by atoms with van der Waals surface area (Å²) in [6, 6.07) is 10.0. The average Bonchev–Trinajstić information content (AvgIpc) is 2.87. The highest BCUT2D eigenvalue weighted by Gasteiger charge is 2.25. The molecule has 0 aromatic heterocycles. The summed E-state index contributed by atoms with van der Waals surface area (Å²) in [6.45, 7) is 4.69. The van der Waals surface area contributed by atoms with E-state index in [-0.39, 0.29) is 12.0 Å². The van der Waals surface area contributed by atoms with Gasteiger partial charge >= 0.3 is 0 Å². The predicted octanol–water partition coefficient (Wildman–Crippen LogP) is 2.68. The molecule has 0 N–H and O–H groups in total. The Kier molecular flexibility index (Phi) is 4.77. The van der Waals surface area contributed by atoms with Crippen molar-refractivity contribution in [1.29, 1.82) is 0 Å². The molecule has 0 saturated heterocycles. The number of amides is 1. The van der Waals surface area contributed by atoms with Gasteiger partial charge in [0.15, 0.2) is 6.10 Å². The van der Waals surface area contributed by atoms with Crippen LogP contribution in [0.15, 0.2) is 35.5 Å². The minimum Gasteiger partial charge on any atom is -0.390 e. The van der Waals surface area contributed by atoms with Crippen molar-refractivity contribution in [3.05, 3.63) is 35.9 Å². The standard InChI is InChI=1S/C16H22N2O2/c1-12(2)9-16(19)18(3)11-14-10-15(17-20-14)13-7-5-4-6-8-13/h4-8,12,14H,9-11H2,1-3H3/t14-/m1/s1. The molecule has 1 aliphatic heterocycles. The highest BCUT2D eigenvalue weighted by Crippen LogP contribution is 2.17. The van der Waals surface area contributed by atoms with Crippen LogP contribution >= 0.6 is 0 Å². The summed E-state index contributed by atoms with van der Waals surface area (Å²) in [5.41, 5.74) is 2.05. The SMILES string of the molecule is CC(C)CC(=O)N(C)C[C@H]1CC(c2ccccc2)=NO1. The molecule has 4 heteroatoms. The Morgan fingerprint density at radius 2 is 2.10 bits per heavy atom. The number of nitrogens with zero attached hydrogens (tertiary/aromatic N) is 2. The van der Waals surface area contributed by atoms with Crippen LogP contribution in [-0.2, 0) is 9.63 Å². The van der Waals surface area contributed by atoms with Crippen LogP contribution in [-0.4, -0.2) is 36.2 Å². The molecule has 0 unspecified atom stereocenters. The average molecular weight is 274 g/mol. The molecular weight excluding hydrogens is 252 g/mol. The van der Waals surface area contributed by atoms with Crippen LogP contribution < -0.4 is 0 Å². The summed E-state index contributed by atoms with van der Waals surface area (Å²) in [5.74, 6) is 0.544. The molecule has 0 aliphatic carbocycles. The zero-order chi connectivity index (χ0) is 14.5. The van der Waals surface area contributed by atoms with Gasteiger partial charge in [-0.25, -0.2) is 0 Å². The van der Waals surface area contributed by atoms with Gasteiger partial charge in [0, 0.05) is 19.9 Å². The number of oxime groups is 1. The normalized spacial score (nSPS) is 17.8. The van der Waals surface area contributed by atoms with Crippen LogP contribution in [0.2, 0.25) is 0 Å². The topological polar surface area (TPSA) is 41.9 Å². The van der Waals surface area contributed by atoms with Gasteiger partial charge in [0.1, 0.15) is 0 Å². The molecule has 0 saturated carbocycles. The predicted molar refractivity (Wildman–Crippen MR) is 79.6 cm³/mol. The molecule has 1 aromatic rings. The zero-order valence-electron chi connectivity index (χ0n) is 12.4. The van der Waals surface area contributed by atoms with Gasteiger partial charge in [0.2, 0.25) is 5.91 Å². The van der Waals surface area contributed by atoms with Crippen molar-refractivity contribution in [3.63, 3.8) is 0 Å². The van der Waals surface area contributed by atoms with Crippen LogP contribution in [0.25, 0.3) is 0 Å². The summed E-state index contributed by atoms with van der Waals surface area (Å²) in [5, 5.41) is 4.14. The second kappa shape index (κ2) is 6.55. The van der Waals surface area contributed by atoms with E-state index in [1.807, 2.05) is 37.4 Å². The Morgan fingerprint density at radius 1 is 1.40 bits per heavy atom. The molecule has 20 heavy (non-hydrogen) atoms. The van der Waals surface area contributed by atoms with E-state index in [1.165, 1.54) is 0 Å². The van der Waals surface area contributed by atoms with Crippen LogP contribution in [0.4, 0.5) is 0 Å². The zero-order valence-corrected chi connectivity index (χ0v) is 12.4. The third-order valence-electron chi connectivity index (χ3n) is 3.33. The van der Waals surface area contributed by atoms with E-state index in [0.717, 1.165) is 17.7 Å². The summed E-state index contributed by atoms with van der Waals surface area (Å²) >= 11 is 0. The molecule has 0 fully saturated rings. The fraction of sp³-hybridized carbons (Fsp3) is 0.500. The first kappa shape index (κ1) is 14.6. The highest BCUT2D eigenvalue weighted by atomic mass is 16.6. The maximum Gasteiger partial charge on any atom is 0.222 e. The van der Waals surface area contributed by atoms with Crippen molar-refractivity contribution >= 4 is 11.6 Å². The van der Waals surface area contributed by atoms with Crippen molar-refractivity contribution in [3.8, 4) is 0 Å². The number of carbonyl (C=O) groups excluding carboxylic acids is 1. The third-order valence-corrected chi connectivity index (χ3v) is 3.33. The summed E-state index contributed by atoms with van der Waals surface area (Å²) in [4.78, 5) is 19.1. The van der Waals surface area contributed by atoms with Crippen molar-refractivity contribution in [1.82, 2.24) is 4.90 Å². The van der Waals surface area contributed by atoms with Crippen LogP contribution in [0.1, 0.15) is 32.3 Å². The fourth-order valence-corrected chi connectivity index (χ4v) is 2.24. The van der Waals surface area contributed by atoms with Crippen molar-refractivity contribution in [2.45, 2.75) is 32.8 Å². The van der Waals surface area contributed by atoms with Gasteiger partial charge in [0.05, 0.1) is 12.3 Å². The molecule has 1 aliphatic rings. The van der Waals surface area contributed by atoms with E-state index in [0.29, 0.717) is 18.9 Å². The molecule has 0 bridgehead atoms. The van der Waals surface area contributed by atoms with E-state index >= 15 is 0 Å². The van der Waals surface area contributed by atoms with E-state index in [4.69, 9.17) is 4.84 Å². The van der Waals surface area contributed by atoms with Crippen LogP contribution in [0.3, 0.4) is 0 Å². The Hall–Kier alpha value is -1.84. The van der Waals surface area contributed by atoms with Gasteiger partial charge < -0.3 is 9.74 Å². The van der Waals surface area contributed by atoms with Gasteiger partial charge in [-0.3, -0.25) is 4.79 Å². The van der Waals surface area contributed by atoms with Gasteiger partial charge in [-0.1, -0.05) is 49.3 Å². The Labute approximate surface area is 120 Å². The Balaban J connectivity index is 1.85. The minimum absolute atomic E-state index is 0.0358. The lowest BCUT2D eigenvalue weighted by Gasteiger charge is -2.20. The lowest BCUT2D eigenvalue weighted by Crippen LogP contribution is -2.35. The largest absolute Gasteiger partial charge is 0.390 e. The van der Waals surface area contributed by atoms with E-state index < -0.39 is 0 Å². The first-order valence-electron chi connectivity index (χ1n) is 7.08. The number of hydrogen-bond acceptors (Lipinski definition) is 3. The molecule has 0 radical (unpaired) electrons. The second-order valence-corrected chi connectivity index (χ2v) is 5.71. The lowest BCUT2D eigenvalue weighted by molar-refractivity contribution is -0.132. The van der Waals surface area contributed by atoms with Gasteiger partial charge in [0.25, 0.3) is 0 Å². The summed E-state index contributed by atoms with van der Waals surface area (Å²) in [6.07, 6.45) is 1.30. The number of benzene rings is 1. The number of carbonyl (C=O) groups is 1. The molecule has 108 valence electrons. The van der Waals surface area contributed by atoms with Crippen molar-refractivity contribution in [2.24, 2.45) is 11.1 Å². The summed E-state index contributed by atoms with van der Waals surface area (Å²) < 4.78 is 0. The van der Waals surface area contributed by atoms with Crippen LogP contribution in [0, 0.1) is 5.92 Å². The smallest absolute Gasteiger partial charge is 0.222 e. The molecule has 0 spiro atoms. The monoisotopic (exact) mass is 274 g/mol. The number of hydrogen-bond donors (Lipinski definition) is 0. The number of likely N-dealkylation sites (N-methyl/N-ethyl adjacent to an activating group) is 1. The van der Waals surface area contributed by atoms with E-state index in [2.05, 4.69) is 19.0 Å². The molecular formula is C16H22N2O2. The van der Waals surface area contributed by atoms with Gasteiger partial charge in [-0.2, -0.15) is 0 Å². The molecule has 1 heterocycles. The quantitative estimate of drug-likeness (QED) is 0.828. The molecule has 4 nitrogen and oxygen atoms in total. The maximum absolute atomic E-state index is 11.9. The van der Waals surface area contributed by atoms with Gasteiger partial charge in [-0.15, -0.1) is 0 Å². The maximum atomic E-state index is 11.9.